The van der Waals surface area contributed by atoms with Crippen molar-refractivity contribution in [3.05, 3.63) is 24.3 Å². The molecule has 2 aliphatic carbocycles. The van der Waals surface area contributed by atoms with Crippen molar-refractivity contribution in [1.82, 2.24) is 0 Å². The fourth-order valence-electron chi connectivity index (χ4n) is 4.58. The smallest absolute Gasteiger partial charge is 0.339 e. The van der Waals surface area contributed by atoms with E-state index >= 15 is 0 Å². The summed E-state index contributed by atoms with van der Waals surface area (Å²) in [4.78, 5) is 24.6. The molecule has 0 aromatic heterocycles. The highest BCUT2D eigenvalue weighted by atomic mass is 35.5. The van der Waals surface area contributed by atoms with Crippen LogP contribution in [-0.2, 0) is 19.1 Å². The lowest BCUT2D eigenvalue weighted by molar-refractivity contribution is -0.172. The normalized spacial score (nSPS) is 42.3. The number of aliphatic hydroxyl groups excluding tert-OH is 1. The largest absolute Gasteiger partial charge is 0.459 e. The zero-order valence-corrected chi connectivity index (χ0v) is 16.9. The van der Waals surface area contributed by atoms with Crippen molar-refractivity contribution in [3.8, 4) is 0 Å². The Hall–Kier alpha value is -1.12. The van der Waals surface area contributed by atoms with Crippen LogP contribution in [0.3, 0.4) is 0 Å². The number of ether oxygens (including phenoxy) is 2. The fraction of sp³-hybridized carbons (Fsp3) is 0.684. The minimum Gasteiger partial charge on any atom is -0.459 e. The summed E-state index contributed by atoms with van der Waals surface area (Å²) >= 11 is 11.6. The molecule has 0 aromatic rings. The second kappa shape index (κ2) is 7.29. The van der Waals surface area contributed by atoms with Crippen molar-refractivity contribution in [2.24, 2.45) is 17.8 Å². The third-order valence-electron chi connectivity index (χ3n) is 6.24. The number of carbonyl (C=O) groups is 2. The Balaban J connectivity index is 2.01. The highest BCUT2D eigenvalue weighted by Gasteiger charge is 2.64. The maximum Gasteiger partial charge on any atom is 0.339 e. The van der Waals surface area contributed by atoms with E-state index in [-0.39, 0.29) is 36.1 Å². The van der Waals surface area contributed by atoms with E-state index in [0.29, 0.717) is 5.57 Å². The molecule has 8 atom stereocenters. The maximum absolute atomic E-state index is 12.4. The molecule has 0 aromatic carbocycles. The van der Waals surface area contributed by atoms with Crippen LogP contribution in [0.25, 0.3) is 0 Å². The molecule has 2 saturated carbocycles. The van der Waals surface area contributed by atoms with Crippen molar-refractivity contribution in [3.63, 3.8) is 0 Å². The van der Waals surface area contributed by atoms with Crippen molar-refractivity contribution >= 4 is 35.1 Å². The average Bonchev–Trinajstić information content (AvgIpc) is 3.04. The van der Waals surface area contributed by atoms with Gasteiger partial charge in [-0.3, -0.25) is 0 Å². The first kappa shape index (κ1) is 21.6. The minimum atomic E-state index is -1.90. The molecule has 3 fully saturated rings. The molecule has 1 heterocycles. The number of rotatable bonds is 4. The molecule has 3 rings (SSSR count). The first-order valence-electron chi connectivity index (χ1n) is 9.01. The third kappa shape index (κ3) is 3.17. The van der Waals surface area contributed by atoms with Crippen molar-refractivity contribution in [1.29, 1.82) is 0 Å². The molecule has 3 N–H and O–H groups in total. The molecule has 9 heteroatoms. The summed E-state index contributed by atoms with van der Waals surface area (Å²) in [6, 6.07) is 0. The van der Waals surface area contributed by atoms with Gasteiger partial charge in [0.15, 0.2) is 5.60 Å². The van der Waals surface area contributed by atoms with Crippen LogP contribution in [0, 0.1) is 17.8 Å². The Morgan fingerprint density at radius 2 is 2.07 bits per heavy atom. The van der Waals surface area contributed by atoms with Crippen LogP contribution in [0.1, 0.15) is 19.8 Å². The summed E-state index contributed by atoms with van der Waals surface area (Å²) in [6.07, 6.45) is -2.54. The van der Waals surface area contributed by atoms with Gasteiger partial charge in [-0.1, -0.05) is 18.7 Å². The summed E-state index contributed by atoms with van der Waals surface area (Å²) in [5, 5.41) is 31.6. The summed E-state index contributed by atoms with van der Waals surface area (Å²) in [5.41, 5.74) is -2.87. The molecule has 28 heavy (non-hydrogen) atoms. The molecule has 7 nitrogen and oxygen atoms in total. The van der Waals surface area contributed by atoms with Crippen LogP contribution in [-0.4, -0.2) is 68.5 Å². The monoisotopic (exact) mass is 434 g/mol. The first-order chi connectivity index (χ1) is 13.0. The molecular weight excluding hydrogens is 411 g/mol. The van der Waals surface area contributed by atoms with E-state index in [1.165, 1.54) is 6.92 Å². The fourth-order valence-corrected chi connectivity index (χ4v) is 5.05. The first-order valence-corrected chi connectivity index (χ1v) is 10.1. The average molecular weight is 435 g/mol. The number of hydrogen-bond acceptors (Lipinski definition) is 7. The van der Waals surface area contributed by atoms with E-state index in [1.54, 1.807) is 0 Å². The van der Waals surface area contributed by atoms with Gasteiger partial charge in [-0.05, 0) is 19.3 Å². The highest BCUT2D eigenvalue weighted by molar-refractivity contribution is 6.20. The highest BCUT2D eigenvalue weighted by Crippen LogP contribution is 2.55. The van der Waals surface area contributed by atoms with Gasteiger partial charge in [0.2, 0.25) is 0 Å². The van der Waals surface area contributed by atoms with Gasteiger partial charge in [-0.25, -0.2) is 9.59 Å². The molecule has 0 bridgehead atoms. The second-order valence-electron chi connectivity index (χ2n) is 8.14. The Kier molecular flexibility index (Phi) is 5.62. The van der Waals surface area contributed by atoms with E-state index < -0.39 is 53.3 Å². The topological polar surface area (TPSA) is 113 Å². The predicted molar refractivity (Wildman–Crippen MR) is 101 cm³/mol. The van der Waals surface area contributed by atoms with Gasteiger partial charge >= 0.3 is 11.9 Å². The lowest BCUT2D eigenvalue weighted by Crippen LogP contribution is -2.52. The van der Waals surface area contributed by atoms with E-state index in [0.717, 1.165) is 0 Å². The quantitative estimate of drug-likeness (QED) is 0.260. The van der Waals surface area contributed by atoms with Gasteiger partial charge in [0.1, 0.15) is 17.8 Å². The number of halogens is 2. The number of aliphatic hydroxyl groups is 3. The molecule has 0 amide bonds. The molecule has 156 valence electrons. The molecule has 3 aliphatic rings. The summed E-state index contributed by atoms with van der Waals surface area (Å²) in [7, 11) is 0. The van der Waals surface area contributed by atoms with Crippen LogP contribution in [0.15, 0.2) is 24.3 Å². The zero-order chi connectivity index (χ0) is 21.0. The maximum atomic E-state index is 12.4. The predicted octanol–water partition coefficient (Wildman–Crippen LogP) is 0.913. The van der Waals surface area contributed by atoms with Crippen molar-refractivity contribution in [2.45, 2.75) is 49.3 Å². The molecule has 1 unspecified atom stereocenters. The van der Waals surface area contributed by atoms with Crippen LogP contribution >= 0.6 is 23.2 Å². The number of alkyl halides is 2. The number of esters is 2. The zero-order valence-electron chi connectivity index (χ0n) is 15.4. The number of hydrogen-bond donors (Lipinski definition) is 3. The van der Waals surface area contributed by atoms with Gasteiger partial charge in [0, 0.05) is 17.9 Å². The molecule has 0 radical (unpaired) electrons. The van der Waals surface area contributed by atoms with E-state index in [9.17, 15) is 24.9 Å². The van der Waals surface area contributed by atoms with Crippen molar-refractivity contribution < 1.29 is 34.4 Å². The molecule has 1 saturated heterocycles. The Morgan fingerprint density at radius 1 is 1.43 bits per heavy atom. The molecule has 0 spiro atoms. The van der Waals surface area contributed by atoms with Gasteiger partial charge < -0.3 is 24.8 Å². The summed E-state index contributed by atoms with van der Waals surface area (Å²) in [6.45, 7) is 9.05. The van der Waals surface area contributed by atoms with E-state index in [2.05, 4.69) is 13.2 Å². The summed E-state index contributed by atoms with van der Waals surface area (Å²) in [5.74, 6) is -4.11. The standard InChI is InChI=1S/C19H24Cl2O7/c1-8-4-11(27-17(24)18(3,25)6-20)13-9(2)16(23)28-15(13)14-10(8)5-12(22)19(14,26)7-21/h10-15,22,25-26H,1-2,4-7H2,3H3/t10-,11-,12-,13+,14-,15?,18-,19+/m0/s1. The lowest BCUT2D eigenvalue weighted by atomic mass is 9.76. The van der Waals surface area contributed by atoms with Gasteiger partial charge in [0.25, 0.3) is 0 Å². The Bertz CT molecular complexity index is 721. The van der Waals surface area contributed by atoms with E-state index in [1.807, 2.05) is 0 Å². The van der Waals surface area contributed by atoms with Crippen molar-refractivity contribution in [2.75, 3.05) is 11.8 Å². The SMILES string of the molecule is C=C1C[C@H](OC(=O)[C@@](C)(O)CCl)[C@H]2C(=C)C(=O)OC2[C@@H]2[C@H]1C[C@H](O)[C@]2(O)CCl. The lowest BCUT2D eigenvalue weighted by Gasteiger charge is -2.37. The van der Waals surface area contributed by atoms with Crippen LogP contribution in [0.2, 0.25) is 0 Å². The van der Waals surface area contributed by atoms with Gasteiger partial charge in [-0.15, -0.1) is 23.2 Å². The van der Waals surface area contributed by atoms with Gasteiger partial charge in [-0.2, -0.15) is 0 Å². The van der Waals surface area contributed by atoms with Crippen LogP contribution in [0.4, 0.5) is 0 Å². The Morgan fingerprint density at radius 3 is 2.64 bits per heavy atom. The molecule has 1 aliphatic heterocycles. The molecular formula is C19H24Cl2O7. The van der Waals surface area contributed by atoms with Gasteiger partial charge in [0.05, 0.1) is 23.8 Å². The minimum absolute atomic E-state index is 0.0973. The number of carbonyl (C=O) groups excluding carboxylic acids is 2. The third-order valence-corrected chi connectivity index (χ3v) is 7.19. The Labute approximate surface area is 172 Å². The summed E-state index contributed by atoms with van der Waals surface area (Å²) < 4.78 is 11.0. The number of fused-ring (bicyclic) bond motifs is 3. The van der Waals surface area contributed by atoms with Crippen LogP contribution in [0.5, 0.6) is 0 Å². The van der Waals surface area contributed by atoms with Crippen LogP contribution < -0.4 is 0 Å². The van der Waals surface area contributed by atoms with E-state index in [4.69, 9.17) is 32.7 Å². The second-order valence-corrected chi connectivity index (χ2v) is 8.68.